The molecule has 2 unspecified atom stereocenters. The zero-order valence-corrected chi connectivity index (χ0v) is 19.1. The molecule has 1 aliphatic rings. The summed E-state index contributed by atoms with van der Waals surface area (Å²) in [5.41, 5.74) is 0.883. The maximum Gasteiger partial charge on any atom is 0.328 e. The fourth-order valence-corrected chi connectivity index (χ4v) is 6.47. The summed E-state index contributed by atoms with van der Waals surface area (Å²) in [6, 6.07) is 7.08. The molecule has 0 amide bonds. The summed E-state index contributed by atoms with van der Waals surface area (Å²) in [5.74, 6) is -0.489. The van der Waals surface area contributed by atoms with Crippen LogP contribution in [-0.4, -0.2) is 47.4 Å². The number of likely N-dealkylation sites (tertiary alicyclic amines) is 1. The van der Waals surface area contributed by atoms with Crippen LogP contribution in [0.2, 0.25) is 0 Å². The number of nitrogens with zero attached hydrogens (tertiary/aromatic N) is 1. The van der Waals surface area contributed by atoms with Crippen molar-refractivity contribution < 1.29 is 28.2 Å². The smallest absolute Gasteiger partial charge is 0.328 e. The molecule has 0 saturated carbocycles. The van der Waals surface area contributed by atoms with Gasteiger partial charge in [0.05, 0.1) is 12.0 Å². The Bertz CT molecular complexity index is 990. The van der Waals surface area contributed by atoms with Crippen LogP contribution in [0.4, 0.5) is 4.39 Å². The number of carboxylic acid groups (broad SMARTS) is 1. The zero-order chi connectivity index (χ0) is 22.5. The molecule has 2 atom stereocenters. The topological polar surface area (TPSA) is 80.0 Å². The number of ether oxygens (including phenoxy) is 1. The molecule has 1 aromatic carbocycles. The normalized spacial score (nSPS) is 19.4. The Morgan fingerprint density at radius 1 is 1.35 bits per heavy atom. The molecule has 1 aliphatic heterocycles. The summed E-state index contributed by atoms with van der Waals surface area (Å²) < 4.78 is 25.0. The number of methoxy groups -OCH3 is 1. The van der Waals surface area contributed by atoms with Gasteiger partial charge in [-0.15, -0.1) is 0 Å². The second-order valence-electron chi connectivity index (χ2n) is 7.21. The minimum atomic E-state index is -1.05. The Morgan fingerprint density at radius 3 is 2.71 bits per heavy atom. The molecular formula is C22H24FNO5S2. The first-order chi connectivity index (χ1) is 14.8. The van der Waals surface area contributed by atoms with Gasteiger partial charge in [-0.3, -0.25) is 4.90 Å². The lowest BCUT2D eigenvalue weighted by molar-refractivity contribution is -0.147. The highest BCUT2D eigenvalue weighted by Gasteiger charge is 2.36. The molecule has 2 heterocycles. The molecule has 0 aliphatic carbocycles. The minimum absolute atomic E-state index is 0.0640. The van der Waals surface area contributed by atoms with Gasteiger partial charge >= 0.3 is 11.9 Å². The van der Waals surface area contributed by atoms with E-state index in [2.05, 4.69) is 0 Å². The number of rotatable bonds is 7. The zero-order valence-electron chi connectivity index (χ0n) is 17.5. The summed E-state index contributed by atoms with van der Waals surface area (Å²) in [6.07, 6.45) is 1.79. The highest BCUT2D eigenvalue weighted by atomic mass is 33.1. The first kappa shape index (κ1) is 23.4. The van der Waals surface area contributed by atoms with Crippen molar-refractivity contribution in [3.63, 3.8) is 0 Å². The summed E-state index contributed by atoms with van der Waals surface area (Å²) in [4.78, 5) is 26.8. The molecule has 0 bridgehead atoms. The monoisotopic (exact) mass is 465 g/mol. The van der Waals surface area contributed by atoms with Crippen molar-refractivity contribution in [2.75, 3.05) is 20.2 Å². The van der Waals surface area contributed by atoms with Crippen LogP contribution in [0.5, 0.6) is 0 Å². The fraction of sp³-hybridized carbons (Fsp3) is 0.364. The van der Waals surface area contributed by atoms with E-state index in [4.69, 9.17) is 9.15 Å². The molecule has 0 spiro atoms. The second kappa shape index (κ2) is 10.4. The van der Waals surface area contributed by atoms with Crippen LogP contribution in [0.1, 0.15) is 29.5 Å². The summed E-state index contributed by atoms with van der Waals surface area (Å²) in [5, 5.41) is 9.32. The van der Waals surface area contributed by atoms with Crippen molar-refractivity contribution in [2.45, 2.75) is 36.5 Å². The van der Waals surface area contributed by atoms with E-state index in [0.717, 1.165) is 16.4 Å². The third kappa shape index (κ3) is 5.72. The Hall–Kier alpha value is -2.23. The number of piperidine rings is 1. The number of carbonyl (C=O) groups excluding carboxylic acids is 1. The first-order valence-electron chi connectivity index (χ1n) is 9.70. The maximum absolute atomic E-state index is 14.5. The molecule has 1 aromatic heterocycles. The van der Waals surface area contributed by atoms with E-state index in [1.807, 2.05) is 19.9 Å². The van der Waals surface area contributed by atoms with E-state index in [1.54, 1.807) is 44.7 Å². The predicted molar refractivity (Wildman–Crippen MR) is 118 cm³/mol. The molecule has 3 rings (SSSR count). The first-order valence-corrected chi connectivity index (χ1v) is 11.9. The summed E-state index contributed by atoms with van der Waals surface area (Å²) in [7, 11) is 4.37. The van der Waals surface area contributed by atoms with E-state index in [9.17, 15) is 19.1 Å². The predicted octanol–water partition coefficient (Wildman–Crippen LogP) is 4.78. The van der Waals surface area contributed by atoms with E-state index >= 15 is 0 Å². The third-order valence-corrected chi connectivity index (χ3v) is 8.00. The number of hydrogen-bond acceptors (Lipinski definition) is 7. The van der Waals surface area contributed by atoms with Crippen LogP contribution < -0.4 is 0 Å². The van der Waals surface area contributed by atoms with Crippen LogP contribution in [0.15, 0.2) is 51.3 Å². The Kier molecular flexibility index (Phi) is 7.85. The number of halogens is 1. The molecule has 1 N–H and O–H groups in total. The Morgan fingerprint density at radius 2 is 2.10 bits per heavy atom. The molecule has 0 radical (unpaired) electrons. The molecule has 31 heavy (non-hydrogen) atoms. The third-order valence-electron chi connectivity index (χ3n) is 5.03. The average molecular weight is 466 g/mol. The largest absolute Gasteiger partial charge is 0.478 e. The van der Waals surface area contributed by atoms with Crippen molar-refractivity contribution in [3.05, 3.63) is 64.9 Å². The quantitative estimate of drug-likeness (QED) is 0.356. The fourth-order valence-electron chi connectivity index (χ4n) is 3.59. The van der Waals surface area contributed by atoms with Crippen molar-refractivity contribution in [3.8, 4) is 0 Å². The van der Waals surface area contributed by atoms with Gasteiger partial charge in [-0.2, -0.15) is 0 Å². The number of hydrogen-bond donors (Lipinski definition) is 1. The molecule has 6 nitrogen and oxygen atoms in total. The van der Waals surface area contributed by atoms with E-state index in [0.29, 0.717) is 18.5 Å². The summed E-state index contributed by atoms with van der Waals surface area (Å²) >= 11 is 0. The van der Waals surface area contributed by atoms with Crippen LogP contribution in [0, 0.1) is 19.7 Å². The van der Waals surface area contributed by atoms with Gasteiger partial charge in [0.1, 0.15) is 23.4 Å². The van der Waals surface area contributed by atoms with E-state index in [-0.39, 0.29) is 17.4 Å². The number of aliphatic carboxylic acids is 1. The number of carbonyl (C=O) groups is 2. The average Bonchev–Trinajstić information content (AvgIpc) is 3.05. The van der Waals surface area contributed by atoms with Gasteiger partial charge in [0.2, 0.25) is 0 Å². The maximum atomic E-state index is 14.5. The van der Waals surface area contributed by atoms with Crippen LogP contribution in [0.3, 0.4) is 0 Å². The lowest BCUT2D eigenvalue weighted by Gasteiger charge is -2.37. The van der Waals surface area contributed by atoms with Gasteiger partial charge in [-0.1, -0.05) is 39.8 Å². The van der Waals surface area contributed by atoms with Crippen molar-refractivity contribution in [1.29, 1.82) is 0 Å². The van der Waals surface area contributed by atoms with Crippen LogP contribution >= 0.6 is 21.6 Å². The molecule has 166 valence electrons. The molecule has 1 saturated heterocycles. The number of aryl methyl sites for hydroxylation is 2. The Balaban J connectivity index is 1.82. The van der Waals surface area contributed by atoms with E-state index < -0.39 is 23.8 Å². The minimum Gasteiger partial charge on any atom is -0.478 e. The molecule has 9 heteroatoms. The van der Waals surface area contributed by atoms with Crippen LogP contribution in [0.25, 0.3) is 0 Å². The number of carboxylic acids is 1. The van der Waals surface area contributed by atoms with Gasteiger partial charge in [-0.25, -0.2) is 14.0 Å². The SMILES string of the molecule is COC(=O)C(c1ccccc1F)N1CCC(SSc2cc(C)oc2C)/C(=C\C(=O)O)C1. The highest BCUT2D eigenvalue weighted by molar-refractivity contribution is 8.77. The van der Waals surface area contributed by atoms with Gasteiger partial charge in [-0.05, 0) is 38.0 Å². The summed E-state index contributed by atoms with van der Waals surface area (Å²) in [6.45, 7) is 4.49. The standard InChI is InChI=1S/C22H24FNO5S2/c1-13-10-19(14(2)29-13)31-30-18-8-9-24(12-15(18)11-20(25)26)21(22(27)28-3)16-6-4-5-7-17(16)23/h4-7,10-11,18,21H,8-9,12H2,1-3H3,(H,25,26)/b15-11-. The molecular weight excluding hydrogens is 441 g/mol. The second-order valence-corrected chi connectivity index (χ2v) is 9.65. The van der Waals surface area contributed by atoms with Gasteiger partial charge in [0, 0.05) is 30.0 Å². The Labute approximate surface area is 188 Å². The molecule has 1 fully saturated rings. The lowest BCUT2D eigenvalue weighted by Crippen LogP contribution is -2.43. The van der Waals surface area contributed by atoms with E-state index in [1.165, 1.54) is 19.3 Å². The number of benzene rings is 1. The molecule has 2 aromatic rings. The number of esters is 1. The van der Waals surface area contributed by atoms with Crippen molar-refractivity contribution in [1.82, 2.24) is 4.90 Å². The lowest BCUT2D eigenvalue weighted by atomic mass is 9.98. The van der Waals surface area contributed by atoms with Crippen LogP contribution in [-0.2, 0) is 14.3 Å². The highest BCUT2D eigenvalue weighted by Crippen LogP contribution is 2.43. The van der Waals surface area contributed by atoms with Crippen molar-refractivity contribution in [2.24, 2.45) is 0 Å². The van der Waals surface area contributed by atoms with Crippen molar-refractivity contribution >= 4 is 33.5 Å². The number of furan rings is 1. The van der Waals surface area contributed by atoms with Gasteiger partial charge < -0.3 is 14.3 Å². The van der Waals surface area contributed by atoms with Gasteiger partial charge in [0.15, 0.2) is 0 Å². The van der Waals surface area contributed by atoms with Gasteiger partial charge in [0.25, 0.3) is 0 Å².